The molecule has 1 heterocycles. The molecule has 23 heavy (non-hydrogen) atoms. The molecule has 0 saturated heterocycles. The van der Waals surface area contributed by atoms with E-state index in [2.05, 4.69) is 36.3 Å². The molecule has 2 N–H and O–H groups in total. The lowest BCUT2D eigenvalue weighted by Gasteiger charge is -2.08. The van der Waals surface area contributed by atoms with Crippen molar-refractivity contribution >= 4 is 17.0 Å². The minimum Gasteiger partial charge on any atom is -0.493 e. The molecule has 3 rings (SSSR count). The van der Waals surface area contributed by atoms with Crippen molar-refractivity contribution in [1.29, 1.82) is 0 Å². The average molecular weight is 324 g/mol. The molecule has 0 saturated carbocycles. The van der Waals surface area contributed by atoms with Crippen molar-refractivity contribution < 1.29 is 4.74 Å². The van der Waals surface area contributed by atoms with Gasteiger partial charge in [-0.3, -0.25) is 0 Å². The predicted octanol–water partition coefficient (Wildman–Crippen LogP) is 4.63. The van der Waals surface area contributed by atoms with E-state index in [9.17, 15) is 0 Å². The summed E-state index contributed by atoms with van der Waals surface area (Å²) in [7, 11) is 0. The van der Waals surface area contributed by atoms with Gasteiger partial charge in [-0.15, -0.1) is 11.3 Å². The third kappa shape index (κ3) is 3.90. The summed E-state index contributed by atoms with van der Waals surface area (Å²) in [6, 6.07) is 14.1. The molecule has 3 nitrogen and oxygen atoms in total. The third-order valence-corrected chi connectivity index (χ3v) is 4.55. The van der Waals surface area contributed by atoms with E-state index in [1.54, 1.807) is 11.3 Å². The Labute approximate surface area is 140 Å². The van der Waals surface area contributed by atoms with Crippen molar-refractivity contribution in [3.63, 3.8) is 0 Å². The molecule has 0 amide bonds. The summed E-state index contributed by atoms with van der Waals surface area (Å²) < 4.78 is 5.88. The van der Waals surface area contributed by atoms with Crippen LogP contribution in [0.5, 0.6) is 5.75 Å². The van der Waals surface area contributed by atoms with E-state index < -0.39 is 0 Å². The first-order valence-corrected chi connectivity index (χ1v) is 8.50. The molecule has 118 valence electrons. The number of anilines is 1. The first kappa shape index (κ1) is 15.6. The fourth-order valence-corrected chi connectivity index (χ4v) is 3.25. The number of aryl methyl sites for hydroxylation is 2. The van der Waals surface area contributed by atoms with Crippen LogP contribution in [0.3, 0.4) is 0 Å². The molecule has 0 fully saturated rings. The number of aromatic nitrogens is 1. The van der Waals surface area contributed by atoms with Crippen LogP contribution >= 0.6 is 11.3 Å². The van der Waals surface area contributed by atoms with Gasteiger partial charge in [0.25, 0.3) is 0 Å². The van der Waals surface area contributed by atoms with Gasteiger partial charge in [0.05, 0.1) is 17.3 Å². The van der Waals surface area contributed by atoms with Crippen LogP contribution in [0.4, 0.5) is 5.69 Å². The van der Waals surface area contributed by atoms with Gasteiger partial charge in [-0.1, -0.05) is 29.8 Å². The predicted molar refractivity (Wildman–Crippen MR) is 97.1 cm³/mol. The molecule has 0 spiro atoms. The van der Waals surface area contributed by atoms with E-state index in [1.807, 2.05) is 30.3 Å². The number of hydrogen-bond acceptors (Lipinski definition) is 4. The zero-order chi connectivity index (χ0) is 16.2. The highest BCUT2D eigenvalue weighted by molar-refractivity contribution is 7.09. The third-order valence-electron chi connectivity index (χ3n) is 3.64. The zero-order valence-electron chi connectivity index (χ0n) is 13.4. The Bertz CT molecular complexity index is 811. The molecule has 0 bridgehead atoms. The number of benzene rings is 2. The van der Waals surface area contributed by atoms with E-state index in [0.29, 0.717) is 6.61 Å². The minimum atomic E-state index is 0.633. The summed E-state index contributed by atoms with van der Waals surface area (Å²) in [5.41, 5.74) is 11.0. The van der Waals surface area contributed by atoms with Crippen molar-refractivity contribution in [1.82, 2.24) is 4.98 Å². The van der Waals surface area contributed by atoms with Crippen LogP contribution in [0.15, 0.2) is 47.8 Å². The molecule has 4 heteroatoms. The fraction of sp³-hybridized carbons (Fsp3) is 0.211. The molecule has 3 aromatic rings. The Morgan fingerprint density at radius 1 is 1.13 bits per heavy atom. The van der Waals surface area contributed by atoms with Gasteiger partial charge in [0.2, 0.25) is 0 Å². The van der Waals surface area contributed by atoms with E-state index in [0.717, 1.165) is 34.1 Å². The second kappa shape index (κ2) is 6.84. The van der Waals surface area contributed by atoms with Crippen LogP contribution in [-0.2, 0) is 6.42 Å². The van der Waals surface area contributed by atoms with Crippen molar-refractivity contribution in [2.45, 2.75) is 20.3 Å². The van der Waals surface area contributed by atoms with Gasteiger partial charge in [0, 0.05) is 23.1 Å². The van der Waals surface area contributed by atoms with Crippen LogP contribution in [0.1, 0.15) is 16.1 Å². The van der Waals surface area contributed by atoms with E-state index in [4.69, 9.17) is 10.5 Å². The largest absolute Gasteiger partial charge is 0.493 e. The van der Waals surface area contributed by atoms with Crippen LogP contribution in [0, 0.1) is 13.8 Å². The van der Waals surface area contributed by atoms with Gasteiger partial charge in [-0.25, -0.2) is 4.98 Å². The van der Waals surface area contributed by atoms with E-state index >= 15 is 0 Å². The molecule has 0 radical (unpaired) electrons. The molecule has 0 unspecified atom stereocenters. The second-order valence-electron chi connectivity index (χ2n) is 5.62. The van der Waals surface area contributed by atoms with Gasteiger partial charge in [0.15, 0.2) is 0 Å². The highest BCUT2D eigenvalue weighted by atomic mass is 32.1. The maximum atomic E-state index is 5.88. The van der Waals surface area contributed by atoms with Gasteiger partial charge in [-0.05, 0) is 37.6 Å². The Balaban J connectivity index is 1.61. The lowest BCUT2D eigenvalue weighted by molar-refractivity contribution is 0.319. The van der Waals surface area contributed by atoms with Crippen LogP contribution in [0.2, 0.25) is 0 Å². The van der Waals surface area contributed by atoms with Gasteiger partial charge < -0.3 is 10.5 Å². The number of ether oxygens (including phenoxy) is 1. The lowest BCUT2D eigenvalue weighted by atomic mass is 10.1. The Morgan fingerprint density at radius 2 is 2.00 bits per heavy atom. The first-order valence-electron chi connectivity index (χ1n) is 7.62. The van der Waals surface area contributed by atoms with Crippen molar-refractivity contribution in [3.8, 4) is 17.0 Å². The molecule has 1 aromatic heterocycles. The maximum Gasteiger partial charge on any atom is 0.122 e. The maximum absolute atomic E-state index is 5.88. The number of nitrogen functional groups attached to an aromatic ring is 1. The summed E-state index contributed by atoms with van der Waals surface area (Å²) in [6.07, 6.45) is 0.806. The topological polar surface area (TPSA) is 48.1 Å². The first-order chi connectivity index (χ1) is 11.1. The molecule has 0 aliphatic carbocycles. The van der Waals surface area contributed by atoms with Gasteiger partial charge >= 0.3 is 0 Å². The molecule has 2 aromatic carbocycles. The highest BCUT2D eigenvalue weighted by Gasteiger charge is 2.06. The Morgan fingerprint density at radius 3 is 2.78 bits per heavy atom. The summed E-state index contributed by atoms with van der Waals surface area (Å²) in [5, 5.41) is 3.15. The van der Waals surface area contributed by atoms with Crippen LogP contribution in [-0.4, -0.2) is 11.6 Å². The summed E-state index contributed by atoms with van der Waals surface area (Å²) in [6.45, 7) is 4.79. The Kier molecular flexibility index (Phi) is 4.63. The molecular formula is C19H20N2OS. The molecule has 0 aliphatic rings. The van der Waals surface area contributed by atoms with Crippen molar-refractivity contribution in [2.75, 3.05) is 12.3 Å². The minimum absolute atomic E-state index is 0.633. The van der Waals surface area contributed by atoms with Crippen molar-refractivity contribution in [3.05, 3.63) is 64.0 Å². The second-order valence-corrected chi connectivity index (χ2v) is 6.56. The van der Waals surface area contributed by atoms with Gasteiger partial charge in [-0.2, -0.15) is 0 Å². The quantitative estimate of drug-likeness (QED) is 0.696. The Hall–Kier alpha value is -2.33. The van der Waals surface area contributed by atoms with Crippen molar-refractivity contribution in [2.24, 2.45) is 0 Å². The van der Waals surface area contributed by atoms with Gasteiger partial charge in [0.1, 0.15) is 5.75 Å². The van der Waals surface area contributed by atoms with E-state index in [1.165, 1.54) is 11.1 Å². The van der Waals surface area contributed by atoms with Crippen LogP contribution < -0.4 is 10.5 Å². The normalized spacial score (nSPS) is 10.7. The molecule has 0 aliphatic heterocycles. The number of hydrogen-bond donors (Lipinski definition) is 1. The monoisotopic (exact) mass is 324 g/mol. The summed E-state index contributed by atoms with van der Waals surface area (Å²) in [4.78, 5) is 4.67. The number of nitrogens with two attached hydrogens (primary N) is 1. The standard InChI is InChI=1S/C19H20N2OS/c1-13-6-7-18(14(2)10-13)22-9-8-19-21-17(12-23-19)15-4-3-5-16(20)11-15/h3-7,10-12H,8-9,20H2,1-2H3. The lowest BCUT2D eigenvalue weighted by Crippen LogP contribution is -2.02. The van der Waals surface area contributed by atoms with E-state index in [-0.39, 0.29) is 0 Å². The number of thiazole rings is 1. The smallest absolute Gasteiger partial charge is 0.122 e. The average Bonchev–Trinajstić information content (AvgIpc) is 2.98. The summed E-state index contributed by atoms with van der Waals surface area (Å²) >= 11 is 1.66. The number of rotatable bonds is 5. The summed E-state index contributed by atoms with van der Waals surface area (Å²) in [5.74, 6) is 0.947. The molecule has 0 atom stereocenters. The van der Waals surface area contributed by atoms with Crippen LogP contribution in [0.25, 0.3) is 11.3 Å². The number of nitrogens with zero attached hydrogens (tertiary/aromatic N) is 1. The highest BCUT2D eigenvalue weighted by Crippen LogP contribution is 2.24. The fourth-order valence-electron chi connectivity index (χ4n) is 2.47. The SMILES string of the molecule is Cc1ccc(OCCc2nc(-c3cccc(N)c3)cs2)c(C)c1. The molecular weight excluding hydrogens is 304 g/mol. The zero-order valence-corrected chi connectivity index (χ0v) is 14.2.